The molecule has 0 radical (unpaired) electrons. The van der Waals surface area contributed by atoms with Crippen LogP contribution in [0, 0.1) is 11.7 Å². The van der Waals surface area contributed by atoms with E-state index in [9.17, 15) is 24.0 Å². The molecule has 4 aromatic rings. The first kappa shape index (κ1) is 42.4. The Morgan fingerprint density at radius 1 is 0.873 bits per heavy atom. The highest BCUT2D eigenvalue weighted by atomic mass is 35.5. The van der Waals surface area contributed by atoms with Crippen molar-refractivity contribution in [3.8, 4) is 0 Å². The Labute approximate surface area is 375 Å². The minimum absolute atomic E-state index is 0.0455. The van der Waals surface area contributed by atoms with Crippen molar-refractivity contribution >= 4 is 63.6 Å². The van der Waals surface area contributed by atoms with Gasteiger partial charge in [0.25, 0.3) is 0 Å². The van der Waals surface area contributed by atoms with Gasteiger partial charge in [0.1, 0.15) is 17.3 Å². The van der Waals surface area contributed by atoms with E-state index >= 15 is 4.39 Å². The molecule has 1 unspecified atom stereocenters. The molecule has 332 valence electrons. The van der Waals surface area contributed by atoms with E-state index in [4.69, 9.17) is 23.2 Å². The third-order valence-corrected chi connectivity index (χ3v) is 16.2. The van der Waals surface area contributed by atoms with E-state index in [0.717, 1.165) is 88.5 Å². The van der Waals surface area contributed by atoms with Crippen molar-refractivity contribution < 1.29 is 23.6 Å². The van der Waals surface area contributed by atoms with Crippen LogP contribution in [0.4, 0.5) is 10.1 Å². The van der Waals surface area contributed by atoms with E-state index in [1.807, 2.05) is 12.1 Å². The normalized spacial score (nSPS) is 28.7. The zero-order valence-corrected chi connectivity index (χ0v) is 37.0. The molecule has 3 aromatic carbocycles. The number of imide groups is 1. The SMILES string of the molecule is Cn1c(=O)n(C2CCC(=O)NC2=O)c2ccc(C3CCC(CN4CCC(NC(=O)[C@@H]5NC6(CCCCC6)[C@@]6(C(=O)Nc7cc(Cl)ccc76)[C@H]5c5cccc(Cl)c5F)CC4)CC3)cc21. The monoisotopic (exact) mass is 897 g/mol. The van der Waals surface area contributed by atoms with Crippen LogP contribution in [0.15, 0.2) is 59.4 Å². The molecule has 15 heteroatoms. The number of nitrogens with one attached hydrogen (secondary N) is 4. The molecular weight excluding hydrogens is 844 g/mol. The maximum atomic E-state index is 16.3. The molecule has 4 aliphatic heterocycles. The molecule has 0 bridgehead atoms. The number of anilines is 1. The molecule has 5 heterocycles. The number of hydrogen-bond acceptors (Lipinski definition) is 7. The number of benzene rings is 3. The lowest BCUT2D eigenvalue weighted by Crippen LogP contribution is -2.60. The number of likely N-dealkylation sites (tertiary alicyclic amines) is 1. The van der Waals surface area contributed by atoms with E-state index in [2.05, 4.69) is 38.3 Å². The average Bonchev–Trinajstić information content (AvgIpc) is 3.83. The molecule has 5 fully saturated rings. The maximum Gasteiger partial charge on any atom is 0.329 e. The number of hydrogen-bond donors (Lipinski definition) is 4. The number of aryl methyl sites for hydroxylation is 1. The first-order chi connectivity index (χ1) is 30.4. The number of aromatic nitrogens is 2. The number of rotatable bonds is 7. The third-order valence-electron chi connectivity index (χ3n) is 15.7. The highest BCUT2D eigenvalue weighted by Gasteiger charge is 2.72. The van der Waals surface area contributed by atoms with Gasteiger partial charge in [-0.2, -0.15) is 0 Å². The minimum atomic E-state index is -1.27. The molecule has 6 aliphatic rings. The Bertz CT molecular complexity index is 2570. The summed E-state index contributed by atoms with van der Waals surface area (Å²) in [6.07, 6.45) is 10.5. The van der Waals surface area contributed by atoms with Gasteiger partial charge < -0.3 is 15.5 Å². The minimum Gasteiger partial charge on any atom is -0.352 e. The molecule has 12 nitrogen and oxygen atoms in total. The third kappa shape index (κ3) is 7.03. The van der Waals surface area contributed by atoms with Gasteiger partial charge >= 0.3 is 5.69 Å². The van der Waals surface area contributed by atoms with Crippen molar-refractivity contribution in [2.75, 3.05) is 25.0 Å². The predicted molar refractivity (Wildman–Crippen MR) is 240 cm³/mol. The van der Waals surface area contributed by atoms with Gasteiger partial charge in [-0.15, -0.1) is 0 Å². The largest absolute Gasteiger partial charge is 0.352 e. The standard InChI is InChI=1S/C48H54Cl2FN7O5/c1-56-38-24-29(12-15-36(38)58(46(56)63)37-16-17-39(59)54-43(37)60)28-10-8-27(9-11-28)26-57-22-18-31(19-23-57)52-44(61)42-40(32-6-5-7-34(50)41(32)51)48(47(55-42)20-3-2-4-21-47)33-14-13-30(49)25-35(33)53-45(48)62/h5-7,12-15,24-25,27-28,31,37,40,42,55H,2-4,8-11,16-23,26H2,1H3,(H,52,61)(H,53,62)(H,54,59,60)/t27?,28?,37?,40-,42+,48+/m0/s1. The van der Waals surface area contributed by atoms with Crippen molar-refractivity contribution in [2.24, 2.45) is 13.0 Å². The van der Waals surface area contributed by atoms with Gasteiger partial charge in [0.05, 0.1) is 22.1 Å². The molecule has 10 rings (SSSR count). The van der Waals surface area contributed by atoms with Gasteiger partial charge in [0.15, 0.2) is 0 Å². The van der Waals surface area contributed by atoms with Crippen LogP contribution in [0.5, 0.6) is 0 Å². The van der Waals surface area contributed by atoms with E-state index in [1.54, 1.807) is 35.9 Å². The summed E-state index contributed by atoms with van der Waals surface area (Å²) in [4.78, 5) is 69.7. The second-order valence-electron chi connectivity index (χ2n) is 19.1. The van der Waals surface area contributed by atoms with Gasteiger partial charge in [0, 0.05) is 61.3 Å². The van der Waals surface area contributed by atoms with Crippen molar-refractivity contribution in [2.45, 2.75) is 124 Å². The smallest absolute Gasteiger partial charge is 0.329 e. The summed E-state index contributed by atoms with van der Waals surface area (Å²) in [7, 11) is 1.74. The summed E-state index contributed by atoms with van der Waals surface area (Å²) in [5, 5.41) is 13.0. The zero-order valence-electron chi connectivity index (χ0n) is 35.5. The summed E-state index contributed by atoms with van der Waals surface area (Å²) in [6.45, 7) is 2.71. The lowest BCUT2D eigenvalue weighted by Gasteiger charge is -2.47. The molecule has 4 atom stereocenters. The lowest BCUT2D eigenvalue weighted by molar-refractivity contribution is -0.136. The summed E-state index contributed by atoms with van der Waals surface area (Å²) in [6, 6.07) is 14.8. The number of imidazole rings is 1. The number of nitrogens with zero attached hydrogens (tertiary/aromatic N) is 3. The lowest BCUT2D eigenvalue weighted by atomic mass is 9.55. The number of carbonyl (C=O) groups excluding carboxylic acids is 4. The number of amides is 4. The van der Waals surface area contributed by atoms with Crippen LogP contribution in [0.1, 0.15) is 118 Å². The van der Waals surface area contributed by atoms with Crippen LogP contribution in [0.3, 0.4) is 0 Å². The van der Waals surface area contributed by atoms with E-state index in [-0.39, 0.29) is 46.5 Å². The first-order valence-electron chi connectivity index (χ1n) is 22.8. The fourth-order valence-corrected chi connectivity index (χ4v) is 13.0. The topological polar surface area (TPSA) is 147 Å². The molecule has 2 saturated carbocycles. The van der Waals surface area contributed by atoms with E-state index in [0.29, 0.717) is 47.3 Å². The molecular formula is C48H54Cl2FN7O5. The van der Waals surface area contributed by atoms with Crippen LogP contribution in [0.25, 0.3) is 11.0 Å². The van der Waals surface area contributed by atoms with Gasteiger partial charge in [-0.3, -0.25) is 38.9 Å². The van der Waals surface area contributed by atoms with Crippen LogP contribution >= 0.6 is 23.2 Å². The predicted octanol–water partition coefficient (Wildman–Crippen LogP) is 6.97. The second-order valence-corrected chi connectivity index (χ2v) is 19.9. The van der Waals surface area contributed by atoms with E-state index in [1.165, 1.54) is 16.2 Å². The van der Waals surface area contributed by atoms with Gasteiger partial charge in [0.2, 0.25) is 23.6 Å². The zero-order chi connectivity index (χ0) is 43.8. The Hall–Kier alpha value is -4.56. The second kappa shape index (κ2) is 16.5. The molecule has 4 N–H and O–H groups in total. The van der Waals surface area contributed by atoms with Crippen molar-refractivity contribution in [1.29, 1.82) is 0 Å². The number of piperidine rings is 2. The number of halogens is 3. The van der Waals surface area contributed by atoms with Gasteiger partial charge in [-0.05, 0) is 117 Å². The van der Waals surface area contributed by atoms with Crippen molar-refractivity contribution in [3.05, 3.63) is 97.6 Å². The first-order valence-corrected chi connectivity index (χ1v) is 23.5. The molecule has 63 heavy (non-hydrogen) atoms. The maximum absolute atomic E-state index is 16.3. The summed E-state index contributed by atoms with van der Waals surface area (Å²) >= 11 is 12.9. The van der Waals surface area contributed by atoms with Crippen LogP contribution in [0.2, 0.25) is 10.0 Å². The average molecular weight is 899 g/mol. The summed E-state index contributed by atoms with van der Waals surface area (Å²) in [5.41, 5.74) is 1.99. The molecule has 3 saturated heterocycles. The Morgan fingerprint density at radius 3 is 2.38 bits per heavy atom. The van der Waals surface area contributed by atoms with Crippen LogP contribution in [-0.4, -0.2) is 74.9 Å². The Morgan fingerprint density at radius 2 is 1.63 bits per heavy atom. The highest BCUT2D eigenvalue weighted by molar-refractivity contribution is 6.31. The highest BCUT2D eigenvalue weighted by Crippen LogP contribution is 2.63. The fraction of sp³-hybridized carbons (Fsp3) is 0.521. The molecule has 4 amide bonds. The quantitative estimate of drug-likeness (QED) is 0.147. The Kier molecular flexibility index (Phi) is 11.1. The van der Waals surface area contributed by atoms with Crippen LogP contribution in [-0.2, 0) is 31.6 Å². The molecule has 1 aromatic heterocycles. The van der Waals surface area contributed by atoms with Crippen molar-refractivity contribution in [3.63, 3.8) is 0 Å². The summed E-state index contributed by atoms with van der Waals surface area (Å²) < 4.78 is 19.5. The molecule has 2 aliphatic carbocycles. The summed E-state index contributed by atoms with van der Waals surface area (Å²) in [5.74, 6) is -1.74. The van der Waals surface area contributed by atoms with Crippen LogP contribution < -0.4 is 27.0 Å². The Balaban J connectivity index is 0.801. The fourth-order valence-electron chi connectivity index (χ4n) is 12.7. The van der Waals surface area contributed by atoms with Gasteiger partial charge in [-0.1, -0.05) is 66.7 Å². The molecule has 2 spiro atoms. The number of carbonyl (C=O) groups is 4. The van der Waals surface area contributed by atoms with Gasteiger partial charge in [-0.25, -0.2) is 9.18 Å². The van der Waals surface area contributed by atoms with E-state index < -0.39 is 40.7 Å². The van der Waals surface area contributed by atoms with Crippen molar-refractivity contribution in [1.82, 2.24) is 30.0 Å². The number of fused-ring (bicyclic) bond motifs is 4.